The minimum atomic E-state index is -1.29. The predicted octanol–water partition coefficient (Wildman–Crippen LogP) is 5.57. The van der Waals surface area contributed by atoms with Crippen LogP contribution in [0.3, 0.4) is 0 Å². The molecule has 4 rings (SSSR count). The maximum Gasteiger partial charge on any atom is 0.336 e. The number of aromatic nitrogens is 2. The number of carboxylic acids is 1. The maximum absolute atomic E-state index is 13.6. The van der Waals surface area contributed by atoms with E-state index < -0.39 is 17.6 Å². The molecule has 1 aliphatic carbocycles. The van der Waals surface area contributed by atoms with Crippen LogP contribution in [0.15, 0.2) is 42.6 Å². The van der Waals surface area contributed by atoms with Gasteiger partial charge in [-0.15, -0.1) is 0 Å². The Hall–Kier alpha value is -3.02. The Bertz CT molecular complexity index is 1040. The highest BCUT2D eigenvalue weighted by atomic mass is 19.2. The molecular formula is C24H24F2N2O2. The molecule has 0 saturated heterocycles. The molecule has 1 heterocycles. The van der Waals surface area contributed by atoms with Crippen molar-refractivity contribution in [2.75, 3.05) is 0 Å². The number of aromatic carboxylic acids is 1. The number of nitrogens with one attached hydrogen (secondary N) is 1. The molecule has 0 spiro atoms. The van der Waals surface area contributed by atoms with E-state index in [1.54, 1.807) is 12.1 Å². The second-order valence-electron chi connectivity index (χ2n) is 8.02. The molecule has 0 amide bonds. The largest absolute Gasteiger partial charge is 0.478 e. The van der Waals surface area contributed by atoms with Crippen LogP contribution in [-0.4, -0.2) is 21.0 Å². The summed E-state index contributed by atoms with van der Waals surface area (Å²) in [6, 6.07) is 8.89. The summed E-state index contributed by atoms with van der Waals surface area (Å²) >= 11 is 0. The van der Waals surface area contributed by atoms with Gasteiger partial charge in [-0.05, 0) is 47.6 Å². The van der Waals surface area contributed by atoms with Gasteiger partial charge in [0.15, 0.2) is 11.6 Å². The Balaban J connectivity index is 1.42. The number of halogens is 2. The molecule has 3 aromatic rings. The zero-order chi connectivity index (χ0) is 21.1. The van der Waals surface area contributed by atoms with E-state index in [1.807, 2.05) is 18.3 Å². The van der Waals surface area contributed by atoms with E-state index in [0.29, 0.717) is 5.56 Å². The van der Waals surface area contributed by atoms with Gasteiger partial charge in [0.1, 0.15) is 5.82 Å². The van der Waals surface area contributed by atoms with Crippen molar-refractivity contribution in [1.29, 1.82) is 0 Å². The summed E-state index contributed by atoms with van der Waals surface area (Å²) in [5.74, 6) is -1.79. The highest BCUT2D eigenvalue weighted by molar-refractivity contribution is 5.96. The van der Waals surface area contributed by atoms with Crippen molar-refractivity contribution >= 4 is 5.97 Å². The lowest BCUT2D eigenvalue weighted by Gasteiger charge is -2.09. The van der Waals surface area contributed by atoms with Crippen molar-refractivity contribution < 1.29 is 18.7 Å². The van der Waals surface area contributed by atoms with Crippen LogP contribution in [0.1, 0.15) is 53.1 Å². The number of H-pyrrole nitrogens is 1. The Morgan fingerprint density at radius 2 is 1.77 bits per heavy atom. The molecule has 2 aromatic carbocycles. The number of aryl methyl sites for hydroxylation is 2. The first kappa shape index (κ1) is 20.3. The van der Waals surface area contributed by atoms with Crippen molar-refractivity contribution in [3.8, 4) is 11.1 Å². The van der Waals surface area contributed by atoms with Gasteiger partial charge in [0.2, 0.25) is 0 Å². The lowest BCUT2D eigenvalue weighted by molar-refractivity contribution is 0.0697. The summed E-state index contributed by atoms with van der Waals surface area (Å²) in [7, 11) is 0. The number of hydrogen-bond acceptors (Lipinski definition) is 2. The van der Waals surface area contributed by atoms with Gasteiger partial charge >= 0.3 is 5.97 Å². The third kappa shape index (κ3) is 4.58. The Kier molecular flexibility index (Phi) is 5.93. The van der Waals surface area contributed by atoms with Gasteiger partial charge in [-0.25, -0.2) is 18.6 Å². The molecule has 1 saturated carbocycles. The first-order chi connectivity index (χ1) is 14.5. The second kappa shape index (κ2) is 8.78. The van der Waals surface area contributed by atoms with E-state index >= 15 is 0 Å². The molecule has 0 bridgehead atoms. The number of hydrogen-bond donors (Lipinski definition) is 2. The highest BCUT2D eigenvalue weighted by Gasteiger charge is 2.17. The van der Waals surface area contributed by atoms with Crippen molar-refractivity contribution in [2.24, 2.45) is 5.92 Å². The van der Waals surface area contributed by atoms with Gasteiger partial charge < -0.3 is 10.1 Å². The molecule has 4 nitrogen and oxygen atoms in total. The minimum absolute atomic E-state index is 0.163. The molecule has 1 fully saturated rings. The summed E-state index contributed by atoms with van der Waals surface area (Å²) in [5, 5.41) is 9.30. The van der Waals surface area contributed by atoms with Crippen LogP contribution in [0.25, 0.3) is 11.1 Å². The maximum atomic E-state index is 13.6. The average Bonchev–Trinajstić information content (AvgIpc) is 3.41. The fourth-order valence-electron chi connectivity index (χ4n) is 4.24. The number of benzene rings is 2. The standard InChI is InChI=1S/C24H24F2N2O2/c25-21-12-19(20(24(29)30)13-22(21)26)17-8-5-15(6-9-17)7-10-23-27-14-18(28-23)11-16-3-1-2-4-16/h5-6,8-9,12-14,16H,1-4,7,10-11H2,(H,27,28)(H,29,30). The van der Waals surface area contributed by atoms with Crippen LogP contribution in [0, 0.1) is 17.6 Å². The Labute approximate surface area is 174 Å². The topological polar surface area (TPSA) is 66.0 Å². The molecule has 0 unspecified atom stereocenters. The SMILES string of the molecule is O=C(O)c1cc(F)c(F)cc1-c1ccc(CCc2ncc(CC3CCCC3)[nH]2)cc1. The van der Waals surface area contributed by atoms with Crippen LogP contribution in [0.4, 0.5) is 8.78 Å². The molecule has 6 heteroatoms. The molecule has 0 radical (unpaired) electrons. The number of aromatic amines is 1. The number of nitrogens with zero attached hydrogens (tertiary/aromatic N) is 1. The van der Waals surface area contributed by atoms with Crippen LogP contribution < -0.4 is 0 Å². The number of imidazole rings is 1. The van der Waals surface area contributed by atoms with Gasteiger partial charge in [0.05, 0.1) is 5.56 Å². The summed E-state index contributed by atoms with van der Waals surface area (Å²) < 4.78 is 27.1. The molecule has 1 aliphatic rings. The Morgan fingerprint density at radius 3 is 2.47 bits per heavy atom. The quantitative estimate of drug-likeness (QED) is 0.535. The number of rotatable bonds is 7. The molecule has 0 aliphatic heterocycles. The first-order valence-corrected chi connectivity index (χ1v) is 10.3. The van der Waals surface area contributed by atoms with Crippen molar-refractivity contribution in [3.63, 3.8) is 0 Å². The van der Waals surface area contributed by atoms with Crippen LogP contribution in [-0.2, 0) is 19.3 Å². The van der Waals surface area contributed by atoms with E-state index in [-0.39, 0.29) is 11.1 Å². The smallest absolute Gasteiger partial charge is 0.336 e. The number of carbonyl (C=O) groups is 1. The molecule has 156 valence electrons. The summed E-state index contributed by atoms with van der Waals surface area (Å²) in [5.41, 5.74) is 2.70. The zero-order valence-corrected chi connectivity index (χ0v) is 16.6. The summed E-state index contributed by atoms with van der Waals surface area (Å²) in [6.07, 6.45) is 9.84. The van der Waals surface area contributed by atoms with Gasteiger partial charge in [-0.3, -0.25) is 0 Å². The van der Waals surface area contributed by atoms with E-state index in [2.05, 4.69) is 9.97 Å². The molecule has 2 N–H and O–H groups in total. The molecular weight excluding hydrogens is 386 g/mol. The zero-order valence-electron chi connectivity index (χ0n) is 16.6. The monoisotopic (exact) mass is 410 g/mol. The third-order valence-corrected chi connectivity index (χ3v) is 5.87. The first-order valence-electron chi connectivity index (χ1n) is 10.3. The lowest BCUT2D eigenvalue weighted by Crippen LogP contribution is -2.02. The van der Waals surface area contributed by atoms with E-state index in [1.165, 1.54) is 31.4 Å². The van der Waals surface area contributed by atoms with Crippen molar-refractivity contribution in [1.82, 2.24) is 9.97 Å². The predicted molar refractivity (Wildman–Crippen MR) is 110 cm³/mol. The van der Waals surface area contributed by atoms with Crippen LogP contribution in [0.5, 0.6) is 0 Å². The minimum Gasteiger partial charge on any atom is -0.478 e. The third-order valence-electron chi connectivity index (χ3n) is 5.87. The van der Waals surface area contributed by atoms with Crippen LogP contribution >= 0.6 is 0 Å². The molecule has 1 aromatic heterocycles. The van der Waals surface area contributed by atoms with Gasteiger partial charge in [0.25, 0.3) is 0 Å². The Morgan fingerprint density at radius 1 is 1.07 bits per heavy atom. The van der Waals surface area contributed by atoms with Crippen LogP contribution in [0.2, 0.25) is 0 Å². The molecule has 0 atom stereocenters. The number of carboxylic acid groups (broad SMARTS) is 1. The summed E-state index contributed by atoms with van der Waals surface area (Å²) in [4.78, 5) is 19.3. The molecule has 30 heavy (non-hydrogen) atoms. The normalized spacial score (nSPS) is 14.3. The van der Waals surface area contributed by atoms with Gasteiger partial charge in [0, 0.05) is 18.3 Å². The van der Waals surface area contributed by atoms with Gasteiger partial charge in [-0.2, -0.15) is 0 Å². The average molecular weight is 410 g/mol. The van der Waals surface area contributed by atoms with Crippen molar-refractivity contribution in [3.05, 3.63) is 76.9 Å². The van der Waals surface area contributed by atoms with E-state index in [9.17, 15) is 18.7 Å². The van der Waals surface area contributed by atoms with E-state index in [0.717, 1.165) is 48.7 Å². The van der Waals surface area contributed by atoms with Gasteiger partial charge in [-0.1, -0.05) is 49.9 Å². The fraction of sp³-hybridized carbons (Fsp3) is 0.333. The summed E-state index contributed by atoms with van der Waals surface area (Å²) in [6.45, 7) is 0. The van der Waals surface area contributed by atoms with Crippen molar-refractivity contribution in [2.45, 2.75) is 44.9 Å². The van der Waals surface area contributed by atoms with E-state index in [4.69, 9.17) is 0 Å². The highest BCUT2D eigenvalue weighted by Crippen LogP contribution is 2.28. The fourth-order valence-corrected chi connectivity index (χ4v) is 4.24. The lowest BCUT2D eigenvalue weighted by atomic mass is 9.97. The second-order valence-corrected chi connectivity index (χ2v) is 8.02.